The van der Waals surface area contributed by atoms with Gasteiger partial charge in [-0.1, -0.05) is 0 Å². The van der Waals surface area contributed by atoms with Crippen molar-refractivity contribution < 1.29 is 0 Å². The van der Waals surface area contributed by atoms with Crippen molar-refractivity contribution >= 4 is 11.3 Å². The van der Waals surface area contributed by atoms with Crippen LogP contribution in [-0.2, 0) is 6.54 Å². The third kappa shape index (κ3) is 3.59. The Morgan fingerprint density at radius 1 is 1.53 bits per heavy atom. The molecule has 2 nitrogen and oxygen atoms in total. The van der Waals surface area contributed by atoms with Gasteiger partial charge in [-0.25, -0.2) is 0 Å². The van der Waals surface area contributed by atoms with Crippen LogP contribution in [0.25, 0.3) is 0 Å². The van der Waals surface area contributed by atoms with Crippen LogP contribution < -0.4 is 10.6 Å². The zero-order valence-electron chi connectivity index (χ0n) is 9.38. The van der Waals surface area contributed by atoms with Crippen LogP contribution in [0.15, 0.2) is 12.1 Å². The molecule has 1 saturated heterocycles. The highest BCUT2D eigenvalue weighted by Gasteiger charge is 2.11. The predicted octanol–water partition coefficient (Wildman–Crippen LogP) is 2.15. The number of nitrogens with one attached hydrogen (secondary N) is 2. The van der Waals surface area contributed by atoms with Crippen LogP contribution in [0.2, 0.25) is 0 Å². The van der Waals surface area contributed by atoms with E-state index in [1.807, 2.05) is 11.3 Å². The fraction of sp³-hybridized carbons (Fsp3) is 0.667. The topological polar surface area (TPSA) is 24.1 Å². The Hall–Kier alpha value is -0.380. The molecule has 0 radical (unpaired) electrons. The molecule has 0 bridgehead atoms. The van der Waals surface area contributed by atoms with E-state index in [0.717, 1.165) is 19.0 Å². The van der Waals surface area contributed by atoms with E-state index >= 15 is 0 Å². The first-order valence-corrected chi connectivity index (χ1v) is 6.63. The van der Waals surface area contributed by atoms with E-state index in [2.05, 4.69) is 29.7 Å². The number of hydrogen-bond donors (Lipinski definition) is 2. The Bertz CT molecular complexity index is 290. The molecule has 1 aliphatic heterocycles. The Kier molecular flexibility index (Phi) is 4.18. The lowest BCUT2D eigenvalue weighted by Gasteiger charge is -2.22. The van der Waals surface area contributed by atoms with Crippen molar-refractivity contribution in [3.05, 3.63) is 21.9 Å². The van der Waals surface area contributed by atoms with Crippen LogP contribution in [0.5, 0.6) is 0 Å². The number of hydrogen-bond acceptors (Lipinski definition) is 3. The summed E-state index contributed by atoms with van der Waals surface area (Å²) in [6.07, 6.45) is 2.72. The van der Waals surface area contributed by atoms with Gasteiger partial charge >= 0.3 is 0 Å². The summed E-state index contributed by atoms with van der Waals surface area (Å²) in [5.41, 5.74) is 0. The van der Waals surface area contributed by atoms with E-state index in [0.29, 0.717) is 0 Å². The molecule has 2 heterocycles. The number of thiophene rings is 1. The van der Waals surface area contributed by atoms with E-state index in [9.17, 15) is 0 Å². The summed E-state index contributed by atoms with van der Waals surface area (Å²) in [4.78, 5) is 2.86. The van der Waals surface area contributed by atoms with Gasteiger partial charge in [0.25, 0.3) is 0 Å². The molecule has 2 N–H and O–H groups in total. The zero-order chi connectivity index (χ0) is 10.5. The lowest BCUT2D eigenvalue weighted by Crippen LogP contribution is -2.35. The number of rotatable bonds is 4. The summed E-state index contributed by atoms with van der Waals surface area (Å²) in [6.45, 7) is 6.76. The standard InChI is InChI=1S/C12H20N2S/c1-10-4-5-12(15-10)9-14-8-11-3-2-6-13-7-11/h4-5,11,13-14H,2-3,6-9H2,1H3. The van der Waals surface area contributed by atoms with Crippen molar-refractivity contribution in [2.75, 3.05) is 19.6 Å². The van der Waals surface area contributed by atoms with Crippen LogP contribution in [0.3, 0.4) is 0 Å². The van der Waals surface area contributed by atoms with E-state index in [4.69, 9.17) is 0 Å². The van der Waals surface area contributed by atoms with Gasteiger partial charge in [0.15, 0.2) is 0 Å². The van der Waals surface area contributed by atoms with Crippen molar-refractivity contribution in [2.24, 2.45) is 5.92 Å². The molecule has 0 amide bonds. The number of piperidine rings is 1. The predicted molar refractivity (Wildman–Crippen MR) is 66.4 cm³/mol. The largest absolute Gasteiger partial charge is 0.316 e. The number of aryl methyl sites for hydroxylation is 1. The van der Waals surface area contributed by atoms with Gasteiger partial charge in [0.2, 0.25) is 0 Å². The third-order valence-electron chi connectivity index (χ3n) is 2.93. The van der Waals surface area contributed by atoms with Gasteiger partial charge in [0.05, 0.1) is 0 Å². The van der Waals surface area contributed by atoms with Crippen LogP contribution in [0, 0.1) is 12.8 Å². The summed E-state index contributed by atoms with van der Waals surface area (Å²) in [6, 6.07) is 4.43. The first-order chi connectivity index (χ1) is 7.34. The molecule has 1 fully saturated rings. The maximum absolute atomic E-state index is 3.56. The molecule has 1 atom stereocenters. The SMILES string of the molecule is Cc1ccc(CNCC2CCCNC2)s1. The average Bonchev–Trinajstić information content (AvgIpc) is 2.66. The molecule has 0 saturated carbocycles. The van der Waals surface area contributed by atoms with Crippen LogP contribution in [0.4, 0.5) is 0 Å². The van der Waals surface area contributed by atoms with Gasteiger partial charge in [-0.2, -0.15) is 0 Å². The van der Waals surface area contributed by atoms with Crippen LogP contribution in [-0.4, -0.2) is 19.6 Å². The minimum atomic E-state index is 0.833. The van der Waals surface area contributed by atoms with Gasteiger partial charge in [-0.3, -0.25) is 0 Å². The highest BCUT2D eigenvalue weighted by Crippen LogP contribution is 2.15. The Balaban J connectivity index is 1.65. The summed E-state index contributed by atoms with van der Waals surface area (Å²) in [5, 5.41) is 7.01. The molecule has 15 heavy (non-hydrogen) atoms. The van der Waals surface area contributed by atoms with Crippen molar-refractivity contribution in [3.63, 3.8) is 0 Å². The van der Waals surface area contributed by atoms with Gasteiger partial charge < -0.3 is 10.6 Å². The zero-order valence-corrected chi connectivity index (χ0v) is 10.2. The van der Waals surface area contributed by atoms with E-state index in [1.165, 1.54) is 35.7 Å². The maximum Gasteiger partial charge on any atom is 0.0299 e. The molecule has 1 aromatic heterocycles. The normalized spacial score (nSPS) is 21.8. The summed E-state index contributed by atoms with van der Waals surface area (Å²) < 4.78 is 0. The fourth-order valence-electron chi connectivity index (χ4n) is 2.08. The lowest BCUT2D eigenvalue weighted by molar-refractivity contribution is 0.360. The molecular formula is C12H20N2S. The van der Waals surface area contributed by atoms with Gasteiger partial charge in [-0.15, -0.1) is 11.3 Å². The molecule has 84 valence electrons. The van der Waals surface area contributed by atoms with Crippen LogP contribution >= 0.6 is 11.3 Å². The smallest absolute Gasteiger partial charge is 0.0299 e. The maximum atomic E-state index is 3.56. The highest BCUT2D eigenvalue weighted by atomic mass is 32.1. The first kappa shape index (κ1) is 11.1. The minimum Gasteiger partial charge on any atom is -0.316 e. The first-order valence-electron chi connectivity index (χ1n) is 5.81. The Morgan fingerprint density at radius 3 is 3.13 bits per heavy atom. The summed E-state index contributed by atoms with van der Waals surface area (Å²) in [5.74, 6) is 0.833. The molecule has 2 rings (SSSR count). The molecule has 1 unspecified atom stereocenters. The summed E-state index contributed by atoms with van der Waals surface area (Å²) >= 11 is 1.90. The van der Waals surface area contributed by atoms with E-state index in [-0.39, 0.29) is 0 Å². The molecule has 0 aromatic carbocycles. The van der Waals surface area contributed by atoms with Gasteiger partial charge in [0.1, 0.15) is 0 Å². The van der Waals surface area contributed by atoms with Crippen molar-refractivity contribution in [1.82, 2.24) is 10.6 Å². The van der Waals surface area contributed by atoms with E-state index < -0.39 is 0 Å². The summed E-state index contributed by atoms with van der Waals surface area (Å²) in [7, 11) is 0. The monoisotopic (exact) mass is 224 g/mol. The third-order valence-corrected chi connectivity index (χ3v) is 3.93. The quantitative estimate of drug-likeness (QED) is 0.819. The van der Waals surface area contributed by atoms with Crippen molar-refractivity contribution in [2.45, 2.75) is 26.3 Å². The molecule has 1 aromatic rings. The Labute approximate surface area is 96.1 Å². The Morgan fingerprint density at radius 2 is 2.47 bits per heavy atom. The molecular weight excluding hydrogens is 204 g/mol. The lowest BCUT2D eigenvalue weighted by atomic mass is 10.00. The molecule has 0 spiro atoms. The van der Waals surface area contributed by atoms with Gasteiger partial charge in [0, 0.05) is 16.3 Å². The highest BCUT2D eigenvalue weighted by molar-refractivity contribution is 7.11. The second-order valence-electron chi connectivity index (χ2n) is 4.36. The second kappa shape index (κ2) is 5.64. The second-order valence-corrected chi connectivity index (χ2v) is 5.73. The minimum absolute atomic E-state index is 0.833. The fourth-order valence-corrected chi connectivity index (χ4v) is 2.94. The average molecular weight is 224 g/mol. The van der Waals surface area contributed by atoms with Crippen molar-refractivity contribution in [1.29, 1.82) is 0 Å². The molecule has 3 heteroatoms. The van der Waals surface area contributed by atoms with E-state index in [1.54, 1.807) is 0 Å². The molecule has 1 aliphatic rings. The van der Waals surface area contributed by atoms with Gasteiger partial charge in [-0.05, 0) is 57.5 Å². The van der Waals surface area contributed by atoms with Crippen molar-refractivity contribution in [3.8, 4) is 0 Å². The molecule has 0 aliphatic carbocycles. The van der Waals surface area contributed by atoms with Crippen LogP contribution in [0.1, 0.15) is 22.6 Å².